The standard InChI is InChI=1S/C31H43N7/c1-20-5-3-4-6-22(20)17-34-30-35-18-25(16-32)29(38-30)36-19-31-13-21-11-23(14-31)28(24(12-21)15-31)37-27-9-7-26(33-2)8-10-27/h3-6,18,21,23-24,26-28,33,37H,7-15,17,19H2,1-2H3,(H2,34,35,36,38)/t21?,23-,24?,26?,27?,28-,31-/m1/s1. The molecule has 0 spiro atoms. The van der Waals surface area contributed by atoms with E-state index in [1.165, 1.54) is 68.9 Å². The molecule has 0 amide bonds. The number of nitrogens with zero attached hydrogens (tertiary/aromatic N) is 3. The molecule has 38 heavy (non-hydrogen) atoms. The highest BCUT2D eigenvalue weighted by molar-refractivity contribution is 5.53. The second-order valence-electron chi connectivity index (χ2n) is 12.7. The summed E-state index contributed by atoms with van der Waals surface area (Å²) >= 11 is 0. The van der Waals surface area contributed by atoms with Gasteiger partial charge in [0.25, 0.3) is 0 Å². The maximum absolute atomic E-state index is 9.73. The number of aromatic nitrogens is 2. The van der Waals surface area contributed by atoms with Crippen LogP contribution in [0.15, 0.2) is 30.5 Å². The SMILES string of the molecule is CNC1CCC(N[C@H]2C3CC4C[C@@H]2C[C@](CNc2nc(NCc5ccccc5C)ncc2C#N)(C4)C3)CC1. The van der Waals surface area contributed by atoms with Gasteiger partial charge < -0.3 is 21.3 Å². The molecule has 7 nitrogen and oxygen atoms in total. The van der Waals surface area contributed by atoms with Crippen LogP contribution in [0.1, 0.15) is 74.5 Å². The Hall–Kier alpha value is -2.69. The molecular formula is C31H43N7. The fourth-order valence-electron chi connectivity index (χ4n) is 8.44. The van der Waals surface area contributed by atoms with Gasteiger partial charge in [0.05, 0.1) is 6.20 Å². The minimum absolute atomic E-state index is 0.324. The summed E-state index contributed by atoms with van der Waals surface area (Å²) in [7, 11) is 2.10. The van der Waals surface area contributed by atoms with Crippen LogP contribution in [-0.4, -0.2) is 41.7 Å². The van der Waals surface area contributed by atoms with E-state index in [1.807, 2.05) is 0 Å². The molecule has 4 N–H and O–H groups in total. The lowest BCUT2D eigenvalue weighted by Gasteiger charge is -2.61. The average molecular weight is 514 g/mol. The van der Waals surface area contributed by atoms with Crippen molar-refractivity contribution < 1.29 is 0 Å². The Balaban J connectivity index is 1.09. The Morgan fingerprint density at radius 1 is 1.00 bits per heavy atom. The fraction of sp³-hybridized carbons (Fsp3) is 0.645. The molecule has 1 aromatic carbocycles. The first kappa shape index (κ1) is 25.6. The first-order chi connectivity index (χ1) is 18.5. The molecular weight excluding hydrogens is 470 g/mol. The zero-order valence-electron chi connectivity index (χ0n) is 23.0. The molecule has 5 atom stereocenters. The molecule has 0 radical (unpaired) electrons. The normalized spacial score (nSPS) is 33.6. The molecule has 0 aliphatic heterocycles. The summed E-state index contributed by atoms with van der Waals surface area (Å²) in [4.78, 5) is 9.15. The molecule has 2 aromatic rings. The van der Waals surface area contributed by atoms with Crippen LogP contribution in [0.25, 0.3) is 0 Å². The lowest BCUT2D eigenvalue weighted by Crippen LogP contribution is -2.61. The van der Waals surface area contributed by atoms with Gasteiger partial charge in [-0.1, -0.05) is 24.3 Å². The van der Waals surface area contributed by atoms with E-state index in [4.69, 9.17) is 4.98 Å². The van der Waals surface area contributed by atoms with Crippen LogP contribution in [0, 0.1) is 41.4 Å². The first-order valence-corrected chi connectivity index (χ1v) is 14.8. The topological polar surface area (TPSA) is 97.7 Å². The first-order valence-electron chi connectivity index (χ1n) is 14.8. The third-order valence-corrected chi connectivity index (χ3v) is 10.2. The molecule has 5 aliphatic rings. The Labute approximate surface area is 227 Å². The number of hydrogen-bond acceptors (Lipinski definition) is 7. The largest absolute Gasteiger partial charge is 0.368 e. The number of benzene rings is 1. The third kappa shape index (κ3) is 5.26. The summed E-state index contributed by atoms with van der Waals surface area (Å²) in [5, 5.41) is 24.4. The summed E-state index contributed by atoms with van der Waals surface area (Å²) < 4.78 is 0. The second-order valence-corrected chi connectivity index (χ2v) is 12.7. The van der Waals surface area contributed by atoms with Crippen molar-refractivity contribution in [2.24, 2.45) is 23.2 Å². The van der Waals surface area contributed by atoms with Crippen LogP contribution in [0.3, 0.4) is 0 Å². The van der Waals surface area contributed by atoms with Gasteiger partial charge in [0.1, 0.15) is 17.5 Å². The van der Waals surface area contributed by atoms with Crippen LogP contribution in [0.5, 0.6) is 0 Å². The van der Waals surface area contributed by atoms with Crippen molar-refractivity contribution in [1.82, 2.24) is 20.6 Å². The molecule has 5 fully saturated rings. The molecule has 1 aromatic heterocycles. The zero-order chi connectivity index (χ0) is 26.1. The lowest BCUT2D eigenvalue weighted by atomic mass is 9.47. The summed E-state index contributed by atoms with van der Waals surface area (Å²) in [6.07, 6.45) is 13.6. The fourth-order valence-corrected chi connectivity index (χ4v) is 8.44. The van der Waals surface area contributed by atoms with E-state index in [1.54, 1.807) is 6.20 Å². The van der Waals surface area contributed by atoms with Gasteiger partial charge in [0.2, 0.25) is 5.95 Å². The molecule has 7 rings (SSSR count). The molecule has 1 heterocycles. The number of nitriles is 1. The van der Waals surface area contributed by atoms with Gasteiger partial charge in [0, 0.05) is 31.2 Å². The van der Waals surface area contributed by atoms with Crippen LogP contribution in [0.2, 0.25) is 0 Å². The van der Waals surface area contributed by atoms with Crippen LogP contribution >= 0.6 is 0 Å². The molecule has 2 unspecified atom stereocenters. The predicted molar refractivity (Wildman–Crippen MR) is 152 cm³/mol. The van der Waals surface area contributed by atoms with Crippen LogP contribution < -0.4 is 21.3 Å². The summed E-state index contributed by atoms with van der Waals surface area (Å²) in [6, 6.07) is 12.7. The molecule has 4 bridgehead atoms. The Morgan fingerprint density at radius 3 is 2.45 bits per heavy atom. The smallest absolute Gasteiger partial charge is 0.224 e. The number of hydrogen-bond donors (Lipinski definition) is 4. The van der Waals surface area contributed by atoms with Crippen molar-refractivity contribution in [2.45, 2.75) is 89.4 Å². The predicted octanol–water partition coefficient (Wildman–Crippen LogP) is 5.00. The molecule has 5 saturated carbocycles. The van der Waals surface area contributed by atoms with E-state index in [2.05, 4.69) is 70.6 Å². The average Bonchev–Trinajstić information content (AvgIpc) is 2.93. The lowest BCUT2D eigenvalue weighted by molar-refractivity contribution is -0.0730. The summed E-state index contributed by atoms with van der Waals surface area (Å²) in [5.41, 5.74) is 3.31. The van der Waals surface area contributed by atoms with Crippen molar-refractivity contribution in [1.29, 1.82) is 5.26 Å². The molecule has 7 heteroatoms. The minimum Gasteiger partial charge on any atom is -0.368 e. The van der Waals surface area contributed by atoms with Crippen molar-refractivity contribution in [3.05, 3.63) is 47.2 Å². The van der Waals surface area contributed by atoms with E-state index in [-0.39, 0.29) is 0 Å². The maximum atomic E-state index is 9.73. The monoisotopic (exact) mass is 513 g/mol. The molecule has 0 saturated heterocycles. The zero-order valence-corrected chi connectivity index (χ0v) is 23.0. The van der Waals surface area contributed by atoms with Crippen LogP contribution in [-0.2, 0) is 6.54 Å². The van der Waals surface area contributed by atoms with Crippen molar-refractivity contribution >= 4 is 11.8 Å². The molecule has 5 aliphatic carbocycles. The van der Waals surface area contributed by atoms with Gasteiger partial charge in [-0.15, -0.1) is 0 Å². The second kappa shape index (κ2) is 10.8. The highest BCUT2D eigenvalue weighted by Gasteiger charge is 2.55. The highest BCUT2D eigenvalue weighted by atomic mass is 15.1. The Bertz CT molecular complexity index is 1150. The summed E-state index contributed by atoms with van der Waals surface area (Å²) in [5.74, 6) is 3.67. The number of anilines is 2. The van der Waals surface area contributed by atoms with Gasteiger partial charge in [-0.2, -0.15) is 10.2 Å². The summed E-state index contributed by atoms with van der Waals surface area (Å²) in [6.45, 7) is 3.68. The van der Waals surface area contributed by atoms with E-state index in [0.717, 1.165) is 24.3 Å². The van der Waals surface area contributed by atoms with Crippen molar-refractivity contribution in [3.8, 4) is 6.07 Å². The minimum atomic E-state index is 0.324. The van der Waals surface area contributed by atoms with Crippen molar-refractivity contribution in [3.63, 3.8) is 0 Å². The quantitative estimate of drug-likeness (QED) is 0.375. The van der Waals surface area contributed by atoms with Gasteiger partial charge in [-0.25, -0.2) is 4.98 Å². The number of aryl methyl sites for hydroxylation is 1. The van der Waals surface area contributed by atoms with Gasteiger partial charge in [-0.3, -0.25) is 0 Å². The van der Waals surface area contributed by atoms with Gasteiger partial charge in [-0.05, 0) is 106 Å². The van der Waals surface area contributed by atoms with Crippen molar-refractivity contribution in [2.75, 3.05) is 24.2 Å². The Kier molecular flexibility index (Phi) is 7.29. The highest BCUT2D eigenvalue weighted by Crippen LogP contribution is 2.60. The molecule has 202 valence electrons. The maximum Gasteiger partial charge on any atom is 0.224 e. The number of nitrogens with one attached hydrogen (secondary N) is 4. The van der Waals surface area contributed by atoms with E-state index in [0.29, 0.717) is 47.4 Å². The van der Waals surface area contributed by atoms with E-state index in [9.17, 15) is 5.26 Å². The third-order valence-electron chi connectivity index (χ3n) is 10.2. The Morgan fingerprint density at radius 2 is 1.74 bits per heavy atom. The van der Waals surface area contributed by atoms with E-state index >= 15 is 0 Å². The number of rotatable bonds is 9. The van der Waals surface area contributed by atoms with E-state index < -0.39 is 0 Å². The van der Waals surface area contributed by atoms with Crippen LogP contribution in [0.4, 0.5) is 11.8 Å². The van der Waals surface area contributed by atoms with Gasteiger partial charge >= 0.3 is 0 Å². The van der Waals surface area contributed by atoms with Gasteiger partial charge in [0.15, 0.2) is 0 Å².